The van der Waals surface area contributed by atoms with Gasteiger partial charge in [-0.05, 0) is 50.5 Å². The second kappa shape index (κ2) is 7.82. The van der Waals surface area contributed by atoms with Crippen LogP contribution in [-0.4, -0.2) is 29.8 Å². The van der Waals surface area contributed by atoms with Gasteiger partial charge >= 0.3 is 0 Å². The first-order chi connectivity index (χ1) is 7.84. The number of rotatable bonds is 4. The summed E-state index contributed by atoms with van der Waals surface area (Å²) in [4.78, 5) is 0. The number of nitrogens with one attached hydrogen (secondary N) is 2. The minimum atomic E-state index is 0. The molecule has 17 heavy (non-hydrogen) atoms. The van der Waals surface area contributed by atoms with E-state index in [0.29, 0.717) is 5.15 Å². The van der Waals surface area contributed by atoms with Crippen LogP contribution in [0.3, 0.4) is 0 Å². The molecule has 2 heterocycles. The minimum Gasteiger partial charge on any atom is -0.317 e. The lowest BCUT2D eigenvalue weighted by Crippen LogP contribution is -2.33. The summed E-state index contributed by atoms with van der Waals surface area (Å²) in [6.07, 6.45) is 2.53. The van der Waals surface area contributed by atoms with Crippen LogP contribution >= 0.6 is 24.0 Å². The number of hydrogen-bond donors (Lipinski definition) is 2. The first kappa shape index (κ1) is 14.6. The zero-order valence-corrected chi connectivity index (χ0v) is 11.2. The van der Waals surface area contributed by atoms with Crippen molar-refractivity contribution in [2.24, 2.45) is 5.92 Å². The molecule has 0 amide bonds. The van der Waals surface area contributed by atoms with Gasteiger partial charge in [0.2, 0.25) is 0 Å². The summed E-state index contributed by atoms with van der Waals surface area (Å²) in [5, 5.41) is 15.0. The van der Waals surface area contributed by atoms with Crippen molar-refractivity contribution in [3.05, 3.63) is 23.0 Å². The summed E-state index contributed by atoms with van der Waals surface area (Å²) in [5.41, 5.74) is 0.943. The molecule has 1 aliphatic heterocycles. The molecule has 4 nitrogen and oxygen atoms in total. The molecule has 0 saturated carbocycles. The molecule has 0 aliphatic carbocycles. The van der Waals surface area contributed by atoms with Gasteiger partial charge in [0.25, 0.3) is 0 Å². The monoisotopic (exact) mass is 276 g/mol. The Hall–Kier alpha value is -0.420. The molecule has 0 aromatic carbocycles. The molecule has 96 valence electrons. The highest BCUT2D eigenvalue weighted by Crippen LogP contribution is 2.10. The summed E-state index contributed by atoms with van der Waals surface area (Å²) in [6.45, 7) is 4.13. The second-order valence-corrected chi connectivity index (χ2v) is 4.56. The van der Waals surface area contributed by atoms with E-state index in [4.69, 9.17) is 11.6 Å². The van der Waals surface area contributed by atoms with E-state index < -0.39 is 0 Å². The van der Waals surface area contributed by atoms with Gasteiger partial charge in [0, 0.05) is 6.54 Å². The van der Waals surface area contributed by atoms with Crippen molar-refractivity contribution < 1.29 is 0 Å². The van der Waals surface area contributed by atoms with Gasteiger partial charge in [-0.15, -0.1) is 17.5 Å². The van der Waals surface area contributed by atoms with E-state index in [1.54, 1.807) is 6.07 Å². The lowest BCUT2D eigenvalue weighted by atomic mass is 9.98. The van der Waals surface area contributed by atoms with Crippen LogP contribution in [0.25, 0.3) is 0 Å². The van der Waals surface area contributed by atoms with Gasteiger partial charge in [-0.25, -0.2) is 0 Å². The van der Waals surface area contributed by atoms with E-state index in [9.17, 15) is 0 Å². The summed E-state index contributed by atoms with van der Waals surface area (Å²) >= 11 is 5.67. The minimum absolute atomic E-state index is 0. The molecule has 0 spiro atoms. The van der Waals surface area contributed by atoms with Gasteiger partial charge < -0.3 is 10.6 Å². The van der Waals surface area contributed by atoms with Crippen molar-refractivity contribution in [3.63, 3.8) is 0 Å². The molecule has 0 bridgehead atoms. The van der Waals surface area contributed by atoms with Crippen LogP contribution < -0.4 is 10.6 Å². The molecule has 6 heteroatoms. The molecule has 1 aromatic rings. The number of hydrogen-bond acceptors (Lipinski definition) is 4. The van der Waals surface area contributed by atoms with Crippen LogP contribution in [0.1, 0.15) is 18.5 Å². The zero-order chi connectivity index (χ0) is 11.2. The van der Waals surface area contributed by atoms with Crippen LogP contribution in [0.5, 0.6) is 0 Å². The Kier molecular flexibility index (Phi) is 6.73. The van der Waals surface area contributed by atoms with Gasteiger partial charge in [-0.1, -0.05) is 11.6 Å². The first-order valence-electron chi connectivity index (χ1n) is 5.74. The van der Waals surface area contributed by atoms with Crippen molar-refractivity contribution in [2.75, 3.05) is 19.6 Å². The highest BCUT2D eigenvalue weighted by Gasteiger charge is 2.11. The number of piperidine rings is 1. The van der Waals surface area contributed by atoms with Gasteiger partial charge in [0.05, 0.1) is 5.69 Å². The van der Waals surface area contributed by atoms with E-state index in [1.165, 1.54) is 12.8 Å². The fourth-order valence-electron chi connectivity index (χ4n) is 1.93. The van der Waals surface area contributed by atoms with E-state index in [1.807, 2.05) is 6.07 Å². The highest BCUT2D eigenvalue weighted by molar-refractivity contribution is 6.29. The van der Waals surface area contributed by atoms with E-state index in [2.05, 4.69) is 20.8 Å². The lowest BCUT2D eigenvalue weighted by Gasteiger charge is -2.22. The maximum absolute atomic E-state index is 5.67. The van der Waals surface area contributed by atoms with Crippen LogP contribution in [0, 0.1) is 5.92 Å². The molecule has 0 unspecified atom stereocenters. The highest BCUT2D eigenvalue weighted by atomic mass is 35.5. The average molecular weight is 277 g/mol. The van der Waals surface area contributed by atoms with Crippen molar-refractivity contribution in [3.8, 4) is 0 Å². The molecule has 1 aromatic heterocycles. The average Bonchev–Trinajstić information content (AvgIpc) is 2.33. The summed E-state index contributed by atoms with van der Waals surface area (Å²) in [6, 6.07) is 3.68. The zero-order valence-electron chi connectivity index (χ0n) is 9.66. The topological polar surface area (TPSA) is 49.8 Å². The molecule has 2 N–H and O–H groups in total. The van der Waals surface area contributed by atoms with Crippen LogP contribution in [0.2, 0.25) is 5.15 Å². The largest absolute Gasteiger partial charge is 0.317 e. The molecular formula is C11H18Cl2N4. The normalized spacial score (nSPS) is 16.5. The van der Waals surface area contributed by atoms with E-state index >= 15 is 0 Å². The van der Waals surface area contributed by atoms with Gasteiger partial charge in [0.15, 0.2) is 5.15 Å². The predicted octanol–water partition coefficient (Wildman–Crippen LogP) is 1.64. The quantitative estimate of drug-likeness (QED) is 0.878. The Morgan fingerprint density at radius 2 is 2.06 bits per heavy atom. The Labute approximate surface area is 113 Å². The fourth-order valence-corrected chi connectivity index (χ4v) is 2.03. The standard InChI is InChI=1S/C11H17ClN4.ClH/c12-11-2-1-10(15-16-11)8-14-7-9-3-5-13-6-4-9;/h1-2,9,13-14H,3-8H2;1H. The first-order valence-corrected chi connectivity index (χ1v) is 6.12. The third-order valence-corrected chi connectivity index (χ3v) is 3.09. The Morgan fingerprint density at radius 3 is 2.71 bits per heavy atom. The predicted molar refractivity (Wildman–Crippen MR) is 71.6 cm³/mol. The van der Waals surface area contributed by atoms with Crippen LogP contribution in [0.15, 0.2) is 12.1 Å². The maximum Gasteiger partial charge on any atom is 0.151 e. The number of halogens is 2. The summed E-state index contributed by atoms with van der Waals surface area (Å²) in [7, 11) is 0. The van der Waals surface area contributed by atoms with Crippen molar-refractivity contribution in [1.82, 2.24) is 20.8 Å². The van der Waals surface area contributed by atoms with Gasteiger partial charge in [-0.2, -0.15) is 5.10 Å². The second-order valence-electron chi connectivity index (χ2n) is 4.17. The third kappa shape index (κ3) is 5.17. The van der Waals surface area contributed by atoms with Crippen molar-refractivity contribution in [1.29, 1.82) is 0 Å². The Bertz CT molecular complexity index is 312. The maximum atomic E-state index is 5.67. The van der Waals surface area contributed by atoms with E-state index in [0.717, 1.165) is 37.8 Å². The molecule has 1 aliphatic rings. The van der Waals surface area contributed by atoms with Crippen LogP contribution in [0.4, 0.5) is 0 Å². The SMILES string of the molecule is Cl.Clc1ccc(CNCC2CCNCC2)nn1. The van der Waals surface area contributed by atoms with Crippen LogP contribution in [-0.2, 0) is 6.54 Å². The van der Waals surface area contributed by atoms with E-state index in [-0.39, 0.29) is 12.4 Å². The summed E-state index contributed by atoms with van der Waals surface area (Å²) in [5.74, 6) is 0.793. The molecule has 2 rings (SSSR count). The Balaban J connectivity index is 0.00000144. The number of aromatic nitrogens is 2. The molecule has 0 radical (unpaired) electrons. The molecule has 1 saturated heterocycles. The molecule has 1 fully saturated rings. The van der Waals surface area contributed by atoms with Gasteiger partial charge in [-0.3, -0.25) is 0 Å². The van der Waals surface area contributed by atoms with Crippen molar-refractivity contribution in [2.45, 2.75) is 19.4 Å². The molecule has 0 atom stereocenters. The fraction of sp³-hybridized carbons (Fsp3) is 0.636. The molecular weight excluding hydrogens is 259 g/mol. The summed E-state index contributed by atoms with van der Waals surface area (Å²) < 4.78 is 0. The smallest absolute Gasteiger partial charge is 0.151 e. The third-order valence-electron chi connectivity index (χ3n) is 2.89. The van der Waals surface area contributed by atoms with Gasteiger partial charge in [0.1, 0.15) is 0 Å². The Morgan fingerprint density at radius 1 is 1.29 bits per heavy atom. The van der Waals surface area contributed by atoms with Crippen molar-refractivity contribution >= 4 is 24.0 Å². The number of nitrogens with zero attached hydrogens (tertiary/aromatic N) is 2. The lowest BCUT2D eigenvalue weighted by molar-refractivity contribution is 0.355.